The van der Waals surface area contributed by atoms with Gasteiger partial charge in [0, 0.05) is 25.2 Å². The van der Waals surface area contributed by atoms with E-state index in [0.29, 0.717) is 12.6 Å². The lowest BCUT2D eigenvalue weighted by atomic mass is 9.95. The van der Waals surface area contributed by atoms with Crippen molar-refractivity contribution < 1.29 is 5.11 Å². The molecule has 0 amide bonds. The summed E-state index contributed by atoms with van der Waals surface area (Å²) in [6.45, 7) is 3.50. The molecule has 1 unspecified atom stereocenters. The third-order valence-corrected chi connectivity index (χ3v) is 4.60. The topological polar surface area (TPSA) is 35.5 Å². The Kier molecular flexibility index (Phi) is 6.46. The van der Waals surface area contributed by atoms with E-state index in [2.05, 4.69) is 10.2 Å². The van der Waals surface area contributed by atoms with E-state index in [4.69, 9.17) is 0 Å². The first kappa shape index (κ1) is 14.3. The van der Waals surface area contributed by atoms with Crippen molar-refractivity contribution in [3.63, 3.8) is 0 Å². The van der Waals surface area contributed by atoms with E-state index in [1.165, 1.54) is 64.3 Å². The van der Waals surface area contributed by atoms with E-state index >= 15 is 0 Å². The minimum Gasteiger partial charge on any atom is -0.395 e. The molecular formula is C15H30N2O. The van der Waals surface area contributed by atoms with Gasteiger partial charge in [-0.1, -0.05) is 32.1 Å². The molecule has 2 aliphatic rings. The molecule has 0 bridgehead atoms. The molecule has 1 saturated heterocycles. The van der Waals surface area contributed by atoms with Crippen molar-refractivity contribution in [2.24, 2.45) is 0 Å². The van der Waals surface area contributed by atoms with Crippen LogP contribution in [-0.4, -0.2) is 48.3 Å². The van der Waals surface area contributed by atoms with Gasteiger partial charge in [-0.2, -0.15) is 0 Å². The third kappa shape index (κ3) is 4.52. The number of hydrogen-bond acceptors (Lipinski definition) is 3. The predicted octanol–water partition coefficient (Wildman–Crippen LogP) is 2.15. The zero-order valence-electron chi connectivity index (χ0n) is 11.7. The molecule has 106 valence electrons. The van der Waals surface area contributed by atoms with E-state index < -0.39 is 0 Å². The number of rotatable bonds is 5. The SMILES string of the molecule is OCCN(CC1CCCN1)C1CCCCCCC1. The summed E-state index contributed by atoms with van der Waals surface area (Å²) in [5.74, 6) is 0. The minimum absolute atomic E-state index is 0.309. The monoisotopic (exact) mass is 254 g/mol. The van der Waals surface area contributed by atoms with Gasteiger partial charge in [0.25, 0.3) is 0 Å². The number of aliphatic hydroxyl groups is 1. The van der Waals surface area contributed by atoms with Gasteiger partial charge in [-0.15, -0.1) is 0 Å². The zero-order chi connectivity index (χ0) is 12.6. The van der Waals surface area contributed by atoms with Gasteiger partial charge in [0.1, 0.15) is 0 Å². The molecule has 18 heavy (non-hydrogen) atoms. The summed E-state index contributed by atoms with van der Waals surface area (Å²) in [4.78, 5) is 2.56. The summed E-state index contributed by atoms with van der Waals surface area (Å²) in [7, 11) is 0. The fraction of sp³-hybridized carbons (Fsp3) is 1.00. The van der Waals surface area contributed by atoms with Crippen LogP contribution in [-0.2, 0) is 0 Å². The number of hydrogen-bond donors (Lipinski definition) is 2. The Labute approximate surface area is 112 Å². The maximum atomic E-state index is 9.31. The summed E-state index contributed by atoms with van der Waals surface area (Å²) < 4.78 is 0. The molecule has 2 rings (SSSR count). The summed E-state index contributed by atoms with van der Waals surface area (Å²) in [6, 6.07) is 1.39. The van der Waals surface area contributed by atoms with Crippen molar-refractivity contribution in [2.75, 3.05) is 26.2 Å². The molecule has 1 atom stereocenters. The largest absolute Gasteiger partial charge is 0.395 e. The van der Waals surface area contributed by atoms with E-state index in [0.717, 1.165) is 19.1 Å². The van der Waals surface area contributed by atoms with Crippen molar-refractivity contribution in [3.8, 4) is 0 Å². The second kappa shape index (κ2) is 8.13. The summed E-state index contributed by atoms with van der Waals surface area (Å²) >= 11 is 0. The third-order valence-electron chi connectivity index (χ3n) is 4.60. The van der Waals surface area contributed by atoms with E-state index in [1.54, 1.807) is 0 Å². The molecule has 0 aromatic rings. The van der Waals surface area contributed by atoms with Crippen molar-refractivity contribution >= 4 is 0 Å². The first-order valence-electron chi connectivity index (χ1n) is 7.98. The quantitative estimate of drug-likeness (QED) is 0.789. The lowest BCUT2D eigenvalue weighted by molar-refractivity contribution is 0.121. The summed E-state index contributed by atoms with van der Waals surface area (Å²) in [5.41, 5.74) is 0. The van der Waals surface area contributed by atoms with Crippen molar-refractivity contribution in [1.29, 1.82) is 0 Å². The molecule has 0 spiro atoms. The first-order valence-corrected chi connectivity index (χ1v) is 7.98. The minimum atomic E-state index is 0.309. The van der Waals surface area contributed by atoms with Gasteiger partial charge < -0.3 is 10.4 Å². The van der Waals surface area contributed by atoms with Crippen LogP contribution >= 0.6 is 0 Å². The van der Waals surface area contributed by atoms with Gasteiger partial charge >= 0.3 is 0 Å². The van der Waals surface area contributed by atoms with Gasteiger partial charge in [-0.05, 0) is 32.2 Å². The zero-order valence-corrected chi connectivity index (χ0v) is 11.7. The highest BCUT2D eigenvalue weighted by atomic mass is 16.3. The highest BCUT2D eigenvalue weighted by molar-refractivity contribution is 4.82. The maximum absolute atomic E-state index is 9.31. The molecule has 1 aliphatic carbocycles. The second-order valence-electron chi connectivity index (χ2n) is 6.01. The van der Waals surface area contributed by atoms with Gasteiger partial charge in [0.15, 0.2) is 0 Å². The average molecular weight is 254 g/mol. The summed E-state index contributed by atoms with van der Waals surface area (Å²) in [5, 5.41) is 12.9. The van der Waals surface area contributed by atoms with Crippen LogP contribution in [0.25, 0.3) is 0 Å². The Bertz CT molecular complexity index is 209. The normalized spacial score (nSPS) is 27.3. The molecule has 1 aliphatic heterocycles. The molecular weight excluding hydrogens is 224 g/mol. The molecule has 3 heteroatoms. The number of nitrogens with one attached hydrogen (secondary N) is 1. The van der Waals surface area contributed by atoms with Crippen LogP contribution in [0.4, 0.5) is 0 Å². The van der Waals surface area contributed by atoms with E-state index in [1.807, 2.05) is 0 Å². The van der Waals surface area contributed by atoms with E-state index in [-0.39, 0.29) is 0 Å². The molecule has 0 aromatic heterocycles. The highest BCUT2D eigenvalue weighted by Gasteiger charge is 2.23. The average Bonchev–Trinajstić information content (AvgIpc) is 2.81. The lowest BCUT2D eigenvalue weighted by Gasteiger charge is -2.34. The Morgan fingerprint density at radius 3 is 2.28 bits per heavy atom. The van der Waals surface area contributed by atoms with Gasteiger partial charge in [0.2, 0.25) is 0 Å². The van der Waals surface area contributed by atoms with Crippen molar-refractivity contribution in [2.45, 2.75) is 69.9 Å². The fourth-order valence-corrected chi connectivity index (χ4v) is 3.55. The lowest BCUT2D eigenvalue weighted by Crippen LogP contribution is -2.45. The Morgan fingerprint density at radius 2 is 1.67 bits per heavy atom. The standard InChI is InChI=1S/C15H30N2O/c18-12-11-17(13-14-7-6-10-16-14)15-8-4-2-1-3-5-9-15/h14-16,18H,1-13H2. The first-order chi connectivity index (χ1) is 8.90. The predicted molar refractivity (Wildman–Crippen MR) is 75.8 cm³/mol. The van der Waals surface area contributed by atoms with Crippen LogP contribution in [0.5, 0.6) is 0 Å². The highest BCUT2D eigenvalue weighted by Crippen LogP contribution is 2.22. The summed E-state index contributed by atoms with van der Waals surface area (Å²) in [6.07, 6.45) is 12.3. The van der Waals surface area contributed by atoms with Crippen molar-refractivity contribution in [1.82, 2.24) is 10.2 Å². The number of nitrogens with zero attached hydrogens (tertiary/aromatic N) is 1. The number of aliphatic hydroxyl groups excluding tert-OH is 1. The van der Waals surface area contributed by atoms with Crippen LogP contribution in [0.1, 0.15) is 57.8 Å². The molecule has 2 N–H and O–H groups in total. The second-order valence-corrected chi connectivity index (χ2v) is 6.01. The molecule has 1 heterocycles. The van der Waals surface area contributed by atoms with E-state index in [9.17, 15) is 5.11 Å². The Balaban J connectivity index is 1.84. The molecule has 0 radical (unpaired) electrons. The smallest absolute Gasteiger partial charge is 0.0558 e. The molecule has 3 nitrogen and oxygen atoms in total. The van der Waals surface area contributed by atoms with Gasteiger partial charge in [-0.25, -0.2) is 0 Å². The van der Waals surface area contributed by atoms with Gasteiger partial charge in [0.05, 0.1) is 6.61 Å². The molecule has 0 aromatic carbocycles. The van der Waals surface area contributed by atoms with Crippen LogP contribution < -0.4 is 5.32 Å². The van der Waals surface area contributed by atoms with Crippen LogP contribution in [0.2, 0.25) is 0 Å². The molecule has 2 fully saturated rings. The maximum Gasteiger partial charge on any atom is 0.0558 e. The van der Waals surface area contributed by atoms with Crippen LogP contribution in [0.15, 0.2) is 0 Å². The molecule has 1 saturated carbocycles. The van der Waals surface area contributed by atoms with Crippen LogP contribution in [0, 0.1) is 0 Å². The van der Waals surface area contributed by atoms with Crippen LogP contribution in [0.3, 0.4) is 0 Å². The Hall–Kier alpha value is -0.120. The van der Waals surface area contributed by atoms with Gasteiger partial charge in [-0.3, -0.25) is 4.90 Å². The van der Waals surface area contributed by atoms with Crippen molar-refractivity contribution in [3.05, 3.63) is 0 Å². The fourth-order valence-electron chi connectivity index (χ4n) is 3.55. The Morgan fingerprint density at radius 1 is 0.944 bits per heavy atom.